The van der Waals surface area contributed by atoms with Gasteiger partial charge in [-0.2, -0.15) is 0 Å². The number of hydrogen-bond donors (Lipinski definition) is 4. The summed E-state index contributed by atoms with van der Waals surface area (Å²) in [6, 6.07) is 12.2. The molecule has 0 unspecified atom stereocenters. The van der Waals surface area contributed by atoms with Crippen molar-refractivity contribution in [1.82, 2.24) is 10.2 Å². The summed E-state index contributed by atoms with van der Waals surface area (Å²) in [6.07, 6.45) is 2.72. The van der Waals surface area contributed by atoms with Crippen molar-refractivity contribution < 1.29 is 44.0 Å². The van der Waals surface area contributed by atoms with Gasteiger partial charge >= 0.3 is 17.9 Å². The highest BCUT2D eigenvalue weighted by atomic mass is 16.5. The molecule has 220 valence electrons. The van der Waals surface area contributed by atoms with Crippen molar-refractivity contribution in [3.05, 3.63) is 70.8 Å². The first kappa shape index (κ1) is 34.2. The van der Waals surface area contributed by atoms with Gasteiger partial charge < -0.3 is 35.0 Å². The highest BCUT2D eigenvalue weighted by Crippen LogP contribution is 2.15. The van der Waals surface area contributed by atoms with Gasteiger partial charge in [0.05, 0.1) is 43.1 Å². The maximum Gasteiger partial charge on any atom is 0.337 e. The van der Waals surface area contributed by atoms with E-state index in [4.69, 9.17) is 10.2 Å². The Labute approximate surface area is 234 Å². The molecule has 0 aliphatic carbocycles. The van der Waals surface area contributed by atoms with Crippen LogP contribution in [0, 0.1) is 0 Å². The van der Waals surface area contributed by atoms with Crippen molar-refractivity contribution >= 4 is 23.8 Å². The highest BCUT2D eigenvalue weighted by Gasteiger charge is 2.22. The van der Waals surface area contributed by atoms with Gasteiger partial charge in [-0.3, -0.25) is 4.79 Å². The van der Waals surface area contributed by atoms with Crippen LogP contribution in [-0.4, -0.2) is 96.6 Å². The number of carboxylic acids is 1. The van der Waals surface area contributed by atoms with E-state index in [0.29, 0.717) is 37.1 Å². The van der Waals surface area contributed by atoms with Gasteiger partial charge in [-0.15, -0.1) is 0 Å². The SMILES string of the molecule is C.COC(=O)c1cccc(C(=O)N2CCC(O)CC2)c1.COC(=O)c1cccc(C(=O)O)c1.OC1CCNCC1. The maximum absolute atomic E-state index is 12.3. The zero-order chi connectivity index (χ0) is 28.8. The molecule has 2 heterocycles. The van der Waals surface area contributed by atoms with Gasteiger partial charge in [-0.25, -0.2) is 14.4 Å². The first-order valence-electron chi connectivity index (χ1n) is 12.6. The number of benzene rings is 2. The van der Waals surface area contributed by atoms with Crippen molar-refractivity contribution in [2.75, 3.05) is 40.4 Å². The van der Waals surface area contributed by atoms with E-state index in [9.17, 15) is 24.3 Å². The number of aliphatic hydroxyl groups is 2. The third-order valence-electron chi connectivity index (χ3n) is 6.12. The number of nitrogens with one attached hydrogen (secondary N) is 1. The fourth-order valence-electron chi connectivity index (χ4n) is 3.85. The average Bonchev–Trinajstić information content (AvgIpc) is 2.97. The minimum Gasteiger partial charge on any atom is -0.478 e. The fraction of sp³-hybridized carbons (Fsp3) is 0.448. The summed E-state index contributed by atoms with van der Waals surface area (Å²) in [4.78, 5) is 46.9. The zero-order valence-corrected chi connectivity index (χ0v) is 22.2. The van der Waals surface area contributed by atoms with Crippen LogP contribution in [0.25, 0.3) is 0 Å². The number of nitrogens with zero attached hydrogens (tertiary/aromatic N) is 1. The van der Waals surface area contributed by atoms with E-state index in [0.717, 1.165) is 25.9 Å². The van der Waals surface area contributed by atoms with Crippen LogP contribution in [0.1, 0.15) is 74.5 Å². The molecule has 2 aromatic carbocycles. The Bertz CT molecular complexity index is 1110. The molecule has 2 aliphatic rings. The summed E-state index contributed by atoms with van der Waals surface area (Å²) in [5, 5.41) is 30.1. The lowest BCUT2D eigenvalue weighted by Gasteiger charge is -2.29. The number of aliphatic hydroxyl groups excluding tert-OH is 2. The van der Waals surface area contributed by atoms with Crippen LogP contribution in [0.15, 0.2) is 48.5 Å². The Balaban J connectivity index is 0.000000329. The molecule has 11 heteroatoms. The topological polar surface area (TPSA) is 163 Å². The number of rotatable bonds is 4. The van der Waals surface area contributed by atoms with Gasteiger partial charge in [0.2, 0.25) is 0 Å². The number of piperidine rings is 2. The minimum atomic E-state index is -1.06. The molecule has 2 aliphatic heterocycles. The monoisotopic (exact) mass is 560 g/mol. The van der Waals surface area contributed by atoms with Gasteiger partial charge in [-0.05, 0) is 75.2 Å². The molecule has 4 N–H and O–H groups in total. The predicted octanol–water partition coefficient (Wildman–Crippen LogP) is 2.61. The normalized spacial score (nSPS) is 15.2. The van der Waals surface area contributed by atoms with Crippen LogP contribution >= 0.6 is 0 Å². The fourth-order valence-corrected chi connectivity index (χ4v) is 3.85. The Morgan fingerprint density at radius 3 is 1.60 bits per heavy atom. The second-order valence-corrected chi connectivity index (χ2v) is 8.95. The first-order valence-corrected chi connectivity index (χ1v) is 12.6. The number of methoxy groups -OCH3 is 2. The lowest BCUT2D eigenvalue weighted by atomic mass is 10.1. The maximum atomic E-state index is 12.3. The molecular formula is C29H40N2O9. The average molecular weight is 561 g/mol. The summed E-state index contributed by atoms with van der Waals surface area (Å²) >= 11 is 0. The Hall–Kier alpha value is -3.80. The number of esters is 2. The molecule has 11 nitrogen and oxygen atoms in total. The molecular weight excluding hydrogens is 520 g/mol. The summed E-state index contributed by atoms with van der Waals surface area (Å²) in [6.45, 7) is 3.06. The van der Waals surface area contributed by atoms with E-state index in [2.05, 4.69) is 14.8 Å². The largest absolute Gasteiger partial charge is 0.478 e. The van der Waals surface area contributed by atoms with Crippen LogP contribution in [0.5, 0.6) is 0 Å². The van der Waals surface area contributed by atoms with Gasteiger partial charge in [0.1, 0.15) is 0 Å². The van der Waals surface area contributed by atoms with E-state index < -0.39 is 17.9 Å². The van der Waals surface area contributed by atoms with Gasteiger partial charge in [0.25, 0.3) is 5.91 Å². The smallest absolute Gasteiger partial charge is 0.337 e. The molecule has 0 spiro atoms. The Morgan fingerprint density at radius 1 is 0.750 bits per heavy atom. The van der Waals surface area contributed by atoms with Crippen molar-refractivity contribution in [2.24, 2.45) is 0 Å². The quantitative estimate of drug-likeness (QED) is 0.409. The van der Waals surface area contributed by atoms with Crippen molar-refractivity contribution in [2.45, 2.75) is 45.3 Å². The van der Waals surface area contributed by atoms with Crippen molar-refractivity contribution in [3.63, 3.8) is 0 Å². The number of hydrogen-bond acceptors (Lipinski definition) is 9. The number of carbonyl (C=O) groups excluding carboxylic acids is 3. The summed E-state index contributed by atoms with van der Waals surface area (Å²) in [5.41, 5.74) is 1.15. The van der Waals surface area contributed by atoms with Crippen LogP contribution in [0.4, 0.5) is 0 Å². The second-order valence-electron chi connectivity index (χ2n) is 8.95. The number of amides is 1. The molecule has 2 fully saturated rings. The number of carboxylic acid groups (broad SMARTS) is 1. The molecule has 0 aromatic heterocycles. The molecule has 2 saturated heterocycles. The summed E-state index contributed by atoms with van der Waals surface area (Å²) < 4.78 is 9.07. The van der Waals surface area contributed by atoms with Crippen LogP contribution in [-0.2, 0) is 9.47 Å². The van der Waals surface area contributed by atoms with Crippen LogP contribution in [0.3, 0.4) is 0 Å². The van der Waals surface area contributed by atoms with E-state index in [-0.39, 0.29) is 36.7 Å². The number of likely N-dealkylation sites (tertiary alicyclic amines) is 1. The van der Waals surface area contributed by atoms with Crippen molar-refractivity contribution in [1.29, 1.82) is 0 Å². The van der Waals surface area contributed by atoms with E-state index >= 15 is 0 Å². The third-order valence-corrected chi connectivity index (χ3v) is 6.12. The number of aromatic carboxylic acids is 1. The molecule has 40 heavy (non-hydrogen) atoms. The van der Waals surface area contributed by atoms with E-state index in [1.807, 2.05) is 0 Å². The predicted molar refractivity (Wildman–Crippen MR) is 149 cm³/mol. The first-order chi connectivity index (χ1) is 18.7. The molecule has 0 saturated carbocycles. The number of carbonyl (C=O) groups is 4. The van der Waals surface area contributed by atoms with Gasteiger partial charge in [-0.1, -0.05) is 19.6 Å². The Morgan fingerprint density at radius 2 is 1.18 bits per heavy atom. The summed E-state index contributed by atoms with van der Waals surface area (Å²) in [5.74, 6) is -2.17. The second kappa shape index (κ2) is 17.7. The van der Waals surface area contributed by atoms with Crippen molar-refractivity contribution in [3.8, 4) is 0 Å². The highest BCUT2D eigenvalue weighted by molar-refractivity contribution is 5.98. The molecule has 2 aromatic rings. The summed E-state index contributed by atoms with van der Waals surface area (Å²) in [7, 11) is 2.55. The van der Waals surface area contributed by atoms with Gasteiger partial charge in [0.15, 0.2) is 0 Å². The van der Waals surface area contributed by atoms with Crippen LogP contribution in [0.2, 0.25) is 0 Å². The minimum absolute atomic E-state index is 0. The standard InChI is InChI=1S/C14H17NO4.C9H8O4.C5H11NO.CH4/c1-19-14(18)11-4-2-3-10(9-11)13(17)15-7-5-12(16)6-8-15;1-13-9(12)7-4-2-3-6(5-7)8(10)11;7-5-1-3-6-4-2-5;/h2-4,9,12,16H,5-8H2,1H3;2-5H,1H3,(H,10,11);5-7H,1-4H2;1H4. The third kappa shape index (κ3) is 11.1. The zero-order valence-electron chi connectivity index (χ0n) is 22.2. The molecule has 1 amide bonds. The van der Waals surface area contributed by atoms with E-state index in [1.54, 1.807) is 29.2 Å². The van der Waals surface area contributed by atoms with E-state index in [1.165, 1.54) is 38.5 Å². The van der Waals surface area contributed by atoms with Crippen LogP contribution < -0.4 is 5.32 Å². The molecule has 0 bridgehead atoms. The van der Waals surface area contributed by atoms with Gasteiger partial charge in [0, 0.05) is 18.7 Å². The lowest BCUT2D eigenvalue weighted by molar-refractivity contribution is 0.0544. The lowest BCUT2D eigenvalue weighted by Crippen LogP contribution is -2.40. The Kier molecular flexibility index (Phi) is 15.2. The number of ether oxygens (including phenoxy) is 2. The molecule has 4 rings (SSSR count). The molecule has 0 radical (unpaired) electrons. The molecule has 0 atom stereocenters.